The first kappa shape index (κ1) is 13.2. The van der Waals surface area contributed by atoms with Crippen LogP contribution in [0.4, 0.5) is 10.5 Å². The van der Waals surface area contributed by atoms with Gasteiger partial charge < -0.3 is 0 Å². The van der Waals surface area contributed by atoms with Crippen molar-refractivity contribution in [3.8, 4) is 0 Å². The lowest BCUT2D eigenvalue weighted by Crippen LogP contribution is -2.11. The van der Waals surface area contributed by atoms with Crippen LogP contribution in [-0.4, -0.2) is 11.8 Å². The monoisotopic (exact) mass is 286 g/mol. The highest BCUT2D eigenvalue weighted by atomic mass is 35.5. The van der Waals surface area contributed by atoms with Gasteiger partial charge in [-0.3, -0.25) is 10.2 Å². The van der Waals surface area contributed by atoms with Crippen LogP contribution in [0.5, 0.6) is 0 Å². The van der Waals surface area contributed by atoms with Crippen molar-refractivity contribution < 1.29 is 9.63 Å². The predicted molar refractivity (Wildman–Crippen MR) is 72.5 cm³/mol. The molecule has 0 heterocycles. The molecular formula is C12H12Cl2N2O2. The van der Waals surface area contributed by atoms with Gasteiger partial charge in [0.1, 0.15) is 0 Å². The van der Waals surface area contributed by atoms with E-state index in [0.29, 0.717) is 15.7 Å². The molecule has 1 aromatic rings. The van der Waals surface area contributed by atoms with Crippen molar-refractivity contribution >= 4 is 40.7 Å². The SMILES string of the molecule is O=C(Nc1ccc(Cl)c(Cl)c1)ON=C1CCCC1. The summed E-state index contributed by atoms with van der Waals surface area (Å²) >= 11 is 11.6. The van der Waals surface area contributed by atoms with Gasteiger partial charge >= 0.3 is 6.09 Å². The predicted octanol–water partition coefficient (Wildman–Crippen LogP) is 4.47. The first-order valence-corrected chi connectivity index (χ1v) is 6.39. The third kappa shape index (κ3) is 3.62. The summed E-state index contributed by atoms with van der Waals surface area (Å²) in [5.74, 6) is 0. The minimum atomic E-state index is -0.632. The van der Waals surface area contributed by atoms with Crippen LogP contribution >= 0.6 is 23.2 Å². The lowest BCUT2D eigenvalue weighted by atomic mass is 10.3. The number of nitrogens with zero attached hydrogens (tertiary/aromatic N) is 1. The smallest absolute Gasteiger partial charge is 0.298 e. The number of nitrogens with one attached hydrogen (secondary N) is 1. The topological polar surface area (TPSA) is 50.7 Å². The summed E-state index contributed by atoms with van der Waals surface area (Å²) in [6, 6.07) is 4.79. The highest BCUT2D eigenvalue weighted by Gasteiger charge is 2.10. The van der Waals surface area contributed by atoms with E-state index in [4.69, 9.17) is 28.0 Å². The average Bonchev–Trinajstić information content (AvgIpc) is 2.84. The second-order valence-corrected chi connectivity index (χ2v) is 4.81. The standard InChI is InChI=1S/C12H12Cl2N2O2/c13-10-6-5-9(7-11(10)14)15-12(17)18-16-8-3-1-2-4-8/h5-7H,1-4H2,(H,15,17). The van der Waals surface area contributed by atoms with E-state index >= 15 is 0 Å². The number of amides is 1. The molecule has 1 amide bonds. The molecule has 1 aromatic carbocycles. The number of hydrogen-bond acceptors (Lipinski definition) is 3. The molecule has 0 unspecified atom stereocenters. The summed E-state index contributed by atoms with van der Waals surface area (Å²) in [7, 11) is 0. The second kappa shape index (κ2) is 6.07. The quantitative estimate of drug-likeness (QED) is 0.644. The number of benzene rings is 1. The summed E-state index contributed by atoms with van der Waals surface area (Å²) in [4.78, 5) is 16.2. The Morgan fingerprint density at radius 1 is 1.22 bits per heavy atom. The van der Waals surface area contributed by atoms with E-state index in [1.165, 1.54) is 0 Å². The lowest BCUT2D eigenvalue weighted by molar-refractivity contribution is 0.166. The average molecular weight is 287 g/mol. The molecule has 0 bridgehead atoms. The van der Waals surface area contributed by atoms with Gasteiger partial charge in [-0.1, -0.05) is 28.4 Å². The van der Waals surface area contributed by atoms with Crippen LogP contribution in [0.25, 0.3) is 0 Å². The van der Waals surface area contributed by atoms with Crippen LogP contribution in [0.15, 0.2) is 23.4 Å². The van der Waals surface area contributed by atoms with Gasteiger partial charge in [0.05, 0.1) is 15.8 Å². The van der Waals surface area contributed by atoms with Crippen LogP contribution in [-0.2, 0) is 4.84 Å². The molecule has 1 aliphatic carbocycles. The highest BCUT2D eigenvalue weighted by Crippen LogP contribution is 2.25. The summed E-state index contributed by atoms with van der Waals surface area (Å²) in [5.41, 5.74) is 1.44. The largest absolute Gasteiger partial charge is 0.437 e. The molecule has 0 saturated heterocycles. The first-order chi connectivity index (χ1) is 8.65. The van der Waals surface area contributed by atoms with Crippen molar-refractivity contribution in [1.82, 2.24) is 0 Å². The van der Waals surface area contributed by atoms with Gasteiger partial charge in [0, 0.05) is 5.69 Å². The normalized spacial score (nSPS) is 14.4. The van der Waals surface area contributed by atoms with Crippen molar-refractivity contribution in [2.24, 2.45) is 5.16 Å². The molecule has 4 nitrogen and oxygen atoms in total. The molecule has 0 aliphatic heterocycles. The summed E-state index contributed by atoms with van der Waals surface area (Å²) in [5, 5.41) is 7.13. The molecule has 0 aromatic heterocycles. The van der Waals surface area contributed by atoms with Gasteiger partial charge in [-0.15, -0.1) is 0 Å². The second-order valence-electron chi connectivity index (χ2n) is 4.00. The Kier molecular flexibility index (Phi) is 4.44. The third-order valence-electron chi connectivity index (χ3n) is 2.60. The van der Waals surface area contributed by atoms with Gasteiger partial charge in [-0.05, 0) is 43.9 Å². The number of rotatable bonds is 2. The zero-order valence-corrected chi connectivity index (χ0v) is 11.1. The molecule has 18 heavy (non-hydrogen) atoms. The number of anilines is 1. The fraction of sp³-hybridized carbons (Fsp3) is 0.333. The number of halogens is 2. The van der Waals surface area contributed by atoms with E-state index in [2.05, 4.69) is 10.5 Å². The zero-order chi connectivity index (χ0) is 13.0. The van der Waals surface area contributed by atoms with Gasteiger partial charge in [0.25, 0.3) is 0 Å². The molecule has 6 heteroatoms. The Morgan fingerprint density at radius 2 is 1.94 bits per heavy atom. The van der Waals surface area contributed by atoms with Crippen LogP contribution in [0.2, 0.25) is 10.0 Å². The van der Waals surface area contributed by atoms with Crippen LogP contribution in [0.3, 0.4) is 0 Å². The number of carbonyl (C=O) groups excluding carboxylic acids is 1. The molecule has 2 rings (SSSR count). The van der Waals surface area contributed by atoms with Gasteiger partial charge in [-0.25, -0.2) is 4.79 Å². The van der Waals surface area contributed by atoms with Crippen molar-refractivity contribution in [2.45, 2.75) is 25.7 Å². The third-order valence-corrected chi connectivity index (χ3v) is 3.34. The van der Waals surface area contributed by atoms with E-state index in [0.717, 1.165) is 31.4 Å². The van der Waals surface area contributed by atoms with E-state index in [-0.39, 0.29) is 0 Å². The summed E-state index contributed by atoms with van der Waals surface area (Å²) in [6.45, 7) is 0. The molecule has 1 saturated carbocycles. The Bertz CT molecular complexity index is 481. The summed E-state index contributed by atoms with van der Waals surface area (Å²) < 4.78 is 0. The van der Waals surface area contributed by atoms with Crippen LogP contribution < -0.4 is 5.32 Å². The van der Waals surface area contributed by atoms with Gasteiger partial charge in [-0.2, -0.15) is 0 Å². The Morgan fingerprint density at radius 3 is 2.61 bits per heavy atom. The maximum atomic E-state index is 11.4. The minimum absolute atomic E-state index is 0.372. The van der Waals surface area contributed by atoms with E-state index in [1.807, 2.05) is 0 Å². The van der Waals surface area contributed by atoms with Crippen molar-refractivity contribution in [1.29, 1.82) is 0 Å². The first-order valence-electron chi connectivity index (χ1n) is 5.64. The fourth-order valence-electron chi connectivity index (χ4n) is 1.69. The molecule has 1 aliphatic rings. The molecule has 1 fully saturated rings. The molecule has 0 spiro atoms. The Hall–Kier alpha value is -1.26. The minimum Gasteiger partial charge on any atom is -0.298 e. The van der Waals surface area contributed by atoms with Gasteiger partial charge in [0.15, 0.2) is 0 Å². The Balaban J connectivity index is 1.90. The molecule has 0 atom stereocenters. The fourth-order valence-corrected chi connectivity index (χ4v) is 1.99. The van der Waals surface area contributed by atoms with Crippen molar-refractivity contribution in [3.63, 3.8) is 0 Å². The maximum Gasteiger partial charge on any atom is 0.437 e. The van der Waals surface area contributed by atoms with Crippen LogP contribution in [0, 0.1) is 0 Å². The van der Waals surface area contributed by atoms with Crippen molar-refractivity contribution in [2.75, 3.05) is 5.32 Å². The molecular weight excluding hydrogens is 275 g/mol. The van der Waals surface area contributed by atoms with E-state index in [1.54, 1.807) is 18.2 Å². The number of carbonyl (C=O) groups is 1. The summed E-state index contributed by atoms with van der Waals surface area (Å²) in [6.07, 6.45) is 3.39. The van der Waals surface area contributed by atoms with Crippen LogP contribution in [0.1, 0.15) is 25.7 Å². The highest BCUT2D eigenvalue weighted by molar-refractivity contribution is 6.42. The lowest BCUT2D eigenvalue weighted by Gasteiger charge is -2.04. The number of oxime groups is 1. The van der Waals surface area contributed by atoms with Gasteiger partial charge in [0.2, 0.25) is 0 Å². The zero-order valence-electron chi connectivity index (χ0n) is 9.58. The number of hydrogen-bond donors (Lipinski definition) is 1. The van der Waals surface area contributed by atoms with Crippen molar-refractivity contribution in [3.05, 3.63) is 28.2 Å². The Labute approximate surface area is 115 Å². The molecule has 96 valence electrons. The van der Waals surface area contributed by atoms with E-state index in [9.17, 15) is 4.79 Å². The molecule has 1 N–H and O–H groups in total. The van der Waals surface area contributed by atoms with E-state index < -0.39 is 6.09 Å². The maximum absolute atomic E-state index is 11.4. The molecule has 0 radical (unpaired) electrons.